The van der Waals surface area contributed by atoms with Gasteiger partial charge in [0.05, 0.1) is 5.71 Å². The average Bonchev–Trinajstić information content (AvgIpc) is 2.03. The molecule has 2 rings (SSSR count). The normalized spacial score (nSPS) is 26.3. The Balaban J connectivity index is 2.40. The lowest BCUT2D eigenvalue weighted by molar-refractivity contribution is -0.113. The molecule has 0 spiro atoms. The Morgan fingerprint density at radius 1 is 1.33 bits per heavy atom. The van der Waals surface area contributed by atoms with E-state index in [-0.39, 0.29) is 11.8 Å². The first kappa shape index (κ1) is 7.03. The van der Waals surface area contributed by atoms with Gasteiger partial charge in [-0.15, -0.1) is 0 Å². The highest BCUT2D eigenvalue weighted by atomic mass is 16.1. The molecule has 1 aliphatic heterocycles. The minimum Gasteiger partial charge on any atom is -0.399 e. The summed E-state index contributed by atoms with van der Waals surface area (Å²) in [7, 11) is 0. The first-order valence-electron chi connectivity index (χ1n) is 3.72. The molecule has 3 nitrogen and oxygen atoms in total. The molecule has 0 fully saturated rings. The van der Waals surface area contributed by atoms with Gasteiger partial charge in [0.1, 0.15) is 0 Å². The predicted molar refractivity (Wildman–Crippen MR) is 46.5 cm³/mol. The molecule has 1 aliphatic carbocycles. The Morgan fingerprint density at radius 3 is 2.92 bits per heavy atom. The molecule has 0 aromatic carbocycles. The number of aliphatic imine (C=N–C) groups is 1. The number of fused-ring (bicyclic) bond motifs is 1. The Morgan fingerprint density at radius 2 is 2.08 bits per heavy atom. The Hall–Kier alpha value is -1.64. The first-order valence-corrected chi connectivity index (χ1v) is 3.72. The molecule has 3 heteroatoms. The molecule has 2 aliphatic rings. The van der Waals surface area contributed by atoms with E-state index in [0.29, 0.717) is 5.70 Å². The van der Waals surface area contributed by atoms with E-state index < -0.39 is 0 Å². The number of carbonyl (C=O) groups is 1. The molecule has 2 N–H and O–H groups in total. The van der Waals surface area contributed by atoms with Gasteiger partial charge in [0, 0.05) is 17.7 Å². The predicted octanol–water partition coefficient (Wildman–Crippen LogP) is 0.552. The monoisotopic (exact) mass is 160 g/mol. The summed E-state index contributed by atoms with van der Waals surface area (Å²) in [5.41, 5.74) is 6.93. The maximum atomic E-state index is 10.9. The molecular weight excluding hydrogens is 152 g/mol. The van der Waals surface area contributed by atoms with E-state index in [2.05, 4.69) is 4.99 Å². The second-order valence-corrected chi connectivity index (χ2v) is 2.76. The highest BCUT2D eigenvalue weighted by molar-refractivity contribution is 6.11. The van der Waals surface area contributed by atoms with Crippen LogP contribution in [0.25, 0.3) is 0 Å². The fraction of sp³-hybridized carbons (Fsp3) is 0.111. The molecule has 0 aromatic rings. The van der Waals surface area contributed by atoms with E-state index >= 15 is 0 Å². The fourth-order valence-electron chi connectivity index (χ4n) is 1.25. The third-order valence-corrected chi connectivity index (χ3v) is 1.84. The SMILES string of the molecule is NC1=CC2=NC(=O)C=CC2C=C1. The molecule has 1 unspecified atom stereocenters. The summed E-state index contributed by atoms with van der Waals surface area (Å²) < 4.78 is 0. The first-order chi connectivity index (χ1) is 5.75. The smallest absolute Gasteiger partial charge is 0.269 e. The van der Waals surface area contributed by atoms with Crippen molar-refractivity contribution in [2.45, 2.75) is 0 Å². The number of nitrogens with two attached hydrogens (primary N) is 1. The topological polar surface area (TPSA) is 55.4 Å². The van der Waals surface area contributed by atoms with Gasteiger partial charge in [-0.25, -0.2) is 4.99 Å². The van der Waals surface area contributed by atoms with Crippen molar-refractivity contribution in [1.29, 1.82) is 0 Å². The largest absolute Gasteiger partial charge is 0.399 e. The van der Waals surface area contributed by atoms with Crippen molar-refractivity contribution in [3.8, 4) is 0 Å². The minimum absolute atomic E-state index is 0.134. The number of hydrogen-bond donors (Lipinski definition) is 1. The molecule has 12 heavy (non-hydrogen) atoms. The molecular formula is C9H8N2O. The molecule has 0 radical (unpaired) electrons. The molecule has 0 bridgehead atoms. The van der Waals surface area contributed by atoms with Crippen molar-refractivity contribution in [3.05, 3.63) is 36.1 Å². The lowest BCUT2D eigenvalue weighted by Crippen LogP contribution is -2.18. The number of dihydropyridines is 1. The van der Waals surface area contributed by atoms with Crippen LogP contribution in [0, 0.1) is 5.92 Å². The number of amides is 1. The van der Waals surface area contributed by atoms with E-state index in [0.717, 1.165) is 5.71 Å². The maximum absolute atomic E-state index is 10.9. The Bertz CT molecular complexity index is 348. The van der Waals surface area contributed by atoms with E-state index in [1.54, 1.807) is 6.08 Å². The van der Waals surface area contributed by atoms with Crippen LogP contribution >= 0.6 is 0 Å². The summed E-state index contributed by atoms with van der Waals surface area (Å²) in [4.78, 5) is 14.7. The van der Waals surface area contributed by atoms with Gasteiger partial charge in [0.2, 0.25) is 0 Å². The lowest BCUT2D eigenvalue weighted by Gasteiger charge is -2.15. The van der Waals surface area contributed by atoms with Crippen LogP contribution in [0.15, 0.2) is 41.1 Å². The second-order valence-electron chi connectivity index (χ2n) is 2.76. The standard InChI is InChI=1S/C9H8N2O/c10-7-3-1-6-2-4-9(12)11-8(6)5-7/h1-6H,10H2. The van der Waals surface area contributed by atoms with Crippen molar-refractivity contribution >= 4 is 11.6 Å². The zero-order valence-electron chi connectivity index (χ0n) is 6.40. The summed E-state index contributed by atoms with van der Waals surface area (Å²) in [5.74, 6) is -0.0735. The third-order valence-electron chi connectivity index (χ3n) is 1.84. The van der Waals surface area contributed by atoms with Gasteiger partial charge in [-0.2, -0.15) is 0 Å². The summed E-state index contributed by atoms with van der Waals surface area (Å²) >= 11 is 0. The average molecular weight is 160 g/mol. The van der Waals surface area contributed by atoms with Crippen LogP contribution in [0.5, 0.6) is 0 Å². The Labute approximate surface area is 70.0 Å². The van der Waals surface area contributed by atoms with E-state index in [4.69, 9.17) is 5.73 Å². The van der Waals surface area contributed by atoms with Crippen molar-refractivity contribution in [2.75, 3.05) is 0 Å². The number of hydrogen-bond acceptors (Lipinski definition) is 2. The number of allylic oxidation sites excluding steroid dienone is 4. The summed E-state index contributed by atoms with van der Waals surface area (Å²) in [5, 5.41) is 0. The van der Waals surface area contributed by atoms with Crippen LogP contribution < -0.4 is 5.73 Å². The van der Waals surface area contributed by atoms with Crippen molar-refractivity contribution < 1.29 is 4.79 Å². The third kappa shape index (κ3) is 1.09. The zero-order valence-corrected chi connectivity index (χ0v) is 6.40. The van der Waals surface area contributed by atoms with Gasteiger partial charge < -0.3 is 5.73 Å². The quantitative estimate of drug-likeness (QED) is 0.562. The van der Waals surface area contributed by atoms with Gasteiger partial charge in [-0.3, -0.25) is 4.79 Å². The van der Waals surface area contributed by atoms with Gasteiger partial charge in [-0.1, -0.05) is 12.2 Å². The van der Waals surface area contributed by atoms with E-state index in [1.807, 2.05) is 18.2 Å². The molecule has 1 atom stereocenters. The second kappa shape index (κ2) is 2.44. The number of nitrogens with zero attached hydrogens (tertiary/aromatic N) is 1. The zero-order chi connectivity index (χ0) is 8.55. The molecule has 1 amide bonds. The number of carbonyl (C=O) groups excluding carboxylic acids is 1. The molecule has 0 saturated carbocycles. The molecule has 1 heterocycles. The van der Waals surface area contributed by atoms with Crippen LogP contribution in [-0.4, -0.2) is 11.6 Å². The van der Waals surface area contributed by atoms with Crippen LogP contribution in [0.4, 0.5) is 0 Å². The van der Waals surface area contributed by atoms with Gasteiger partial charge >= 0.3 is 0 Å². The van der Waals surface area contributed by atoms with Crippen molar-refractivity contribution in [3.63, 3.8) is 0 Å². The van der Waals surface area contributed by atoms with Crippen LogP contribution in [0.2, 0.25) is 0 Å². The van der Waals surface area contributed by atoms with Crippen molar-refractivity contribution in [1.82, 2.24) is 0 Å². The van der Waals surface area contributed by atoms with Gasteiger partial charge in [-0.05, 0) is 12.2 Å². The van der Waals surface area contributed by atoms with Gasteiger partial charge in [0.25, 0.3) is 5.91 Å². The lowest BCUT2D eigenvalue weighted by atomic mass is 9.95. The molecule has 0 aromatic heterocycles. The highest BCUT2D eigenvalue weighted by Crippen LogP contribution is 2.16. The number of rotatable bonds is 0. The van der Waals surface area contributed by atoms with Crippen LogP contribution in [0.3, 0.4) is 0 Å². The van der Waals surface area contributed by atoms with Crippen LogP contribution in [-0.2, 0) is 4.79 Å². The highest BCUT2D eigenvalue weighted by Gasteiger charge is 2.16. The van der Waals surface area contributed by atoms with Crippen LogP contribution in [0.1, 0.15) is 0 Å². The van der Waals surface area contributed by atoms with Gasteiger partial charge in [0.15, 0.2) is 0 Å². The summed E-state index contributed by atoms with van der Waals surface area (Å²) in [6, 6.07) is 0. The summed E-state index contributed by atoms with van der Waals surface area (Å²) in [6.07, 6.45) is 8.78. The van der Waals surface area contributed by atoms with E-state index in [9.17, 15) is 4.79 Å². The molecule has 0 saturated heterocycles. The van der Waals surface area contributed by atoms with E-state index in [1.165, 1.54) is 6.08 Å². The van der Waals surface area contributed by atoms with Crippen molar-refractivity contribution in [2.24, 2.45) is 16.6 Å². The Kier molecular flexibility index (Phi) is 1.43. The summed E-state index contributed by atoms with van der Waals surface area (Å²) in [6.45, 7) is 0. The fourth-order valence-corrected chi connectivity index (χ4v) is 1.25. The molecule has 60 valence electrons. The maximum Gasteiger partial charge on any atom is 0.269 e. The minimum atomic E-state index is -0.208.